The number of para-hydroxylation sites is 1. The maximum atomic E-state index is 14.1. The first kappa shape index (κ1) is 23.4. The van der Waals surface area contributed by atoms with E-state index in [1.165, 1.54) is 23.5 Å². The zero-order chi connectivity index (χ0) is 23.6. The summed E-state index contributed by atoms with van der Waals surface area (Å²) in [7, 11) is -2.70. The van der Waals surface area contributed by atoms with Gasteiger partial charge in [0.2, 0.25) is 15.9 Å². The molecule has 2 heterocycles. The molecule has 2 fully saturated rings. The number of carbonyl (C=O) groups is 1. The number of sulfonamides is 1. The van der Waals surface area contributed by atoms with Gasteiger partial charge in [0.25, 0.3) is 0 Å². The second kappa shape index (κ2) is 9.64. The van der Waals surface area contributed by atoms with Gasteiger partial charge in [0, 0.05) is 39.3 Å². The van der Waals surface area contributed by atoms with Crippen LogP contribution >= 0.6 is 0 Å². The number of benzene rings is 2. The van der Waals surface area contributed by atoms with E-state index in [9.17, 15) is 22.0 Å². The van der Waals surface area contributed by atoms with Gasteiger partial charge >= 0.3 is 0 Å². The van der Waals surface area contributed by atoms with Crippen LogP contribution in [0.5, 0.6) is 5.75 Å². The average molecular weight is 480 g/mol. The maximum absolute atomic E-state index is 14.1. The molecule has 2 aromatic carbocycles. The molecule has 7 nitrogen and oxygen atoms in total. The molecule has 2 aliphatic rings. The number of amides is 1. The van der Waals surface area contributed by atoms with Crippen LogP contribution < -0.4 is 9.64 Å². The molecule has 2 saturated heterocycles. The first-order valence-corrected chi connectivity index (χ1v) is 12.4. The van der Waals surface area contributed by atoms with E-state index in [2.05, 4.69) is 0 Å². The Balaban J connectivity index is 1.43. The summed E-state index contributed by atoms with van der Waals surface area (Å²) in [5.74, 6) is -1.48. The van der Waals surface area contributed by atoms with E-state index in [1.54, 1.807) is 23.1 Å². The Morgan fingerprint density at radius 3 is 2.45 bits per heavy atom. The minimum atomic E-state index is -4.03. The molecule has 0 N–H and O–H groups in total. The SMILES string of the molecule is COc1ccc(F)cc1S(=O)(=O)N1CCCC(C(=O)N2CCN(c3ccccc3F)CC2)C1. The van der Waals surface area contributed by atoms with Crippen molar-refractivity contribution in [3.63, 3.8) is 0 Å². The van der Waals surface area contributed by atoms with Gasteiger partial charge in [-0.05, 0) is 43.2 Å². The van der Waals surface area contributed by atoms with Crippen molar-refractivity contribution in [1.82, 2.24) is 9.21 Å². The number of rotatable bonds is 5. The van der Waals surface area contributed by atoms with E-state index in [-0.39, 0.29) is 35.5 Å². The second-order valence-corrected chi connectivity index (χ2v) is 10.2. The van der Waals surface area contributed by atoms with Crippen molar-refractivity contribution in [3.8, 4) is 5.75 Å². The summed E-state index contributed by atoms with van der Waals surface area (Å²) in [6.07, 6.45) is 1.11. The molecule has 2 aromatic rings. The fourth-order valence-corrected chi connectivity index (χ4v) is 6.18. The van der Waals surface area contributed by atoms with Gasteiger partial charge in [-0.1, -0.05) is 12.1 Å². The number of methoxy groups -OCH3 is 1. The highest BCUT2D eigenvalue weighted by Gasteiger charge is 2.37. The van der Waals surface area contributed by atoms with Gasteiger partial charge < -0.3 is 14.5 Å². The predicted octanol–water partition coefficient (Wildman–Crippen LogP) is 2.72. The number of hydrogen-bond acceptors (Lipinski definition) is 5. The number of ether oxygens (including phenoxy) is 1. The van der Waals surface area contributed by atoms with Gasteiger partial charge in [0.15, 0.2) is 0 Å². The molecule has 4 rings (SSSR count). The molecule has 0 bridgehead atoms. The Bertz CT molecular complexity index is 1120. The number of piperazine rings is 1. The summed E-state index contributed by atoms with van der Waals surface area (Å²) in [6, 6.07) is 9.92. The number of anilines is 1. The highest BCUT2D eigenvalue weighted by Crippen LogP contribution is 2.31. The van der Waals surface area contributed by atoms with Crippen molar-refractivity contribution in [3.05, 3.63) is 54.1 Å². The van der Waals surface area contributed by atoms with E-state index < -0.39 is 21.8 Å². The van der Waals surface area contributed by atoms with Crippen molar-refractivity contribution in [1.29, 1.82) is 0 Å². The predicted molar refractivity (Wildman–Crippen MR) is 120 cm³/mol. The molecule has 10 heteroatoms. The maximum Gasteiger partial charge on any atom is 0.246 e. The van der Waals surface area contributed by atoms with Gasteiger partial charge in [0.1, 0.15) is 22.3 Å². The molecule has 0 spiro atoms. The molecular formula is C23H27F2N3O4S. The minimum absolute atomic E-state index is 0.0361. The largest absolute Gasteiger partial charge is 0.495 e. The fraction of sp³-hybridized carbons (Fsp3) is 0.435. The van der Waals surface area contributed by atoms with Crippen LogP contribution in [0.15, 0.2) is 47.4 Å². The van der Waals surface area contributed by atoms with E-state index in [0.29, 0.717) is 44.7 Å². The minimum Gasteiger partial charge on any atom is -0.495 e. The van der Waals surface area contributed by atoms with Gasteiger partial charge in [-0.2, -0.15) is 4.31 Å². The van der Waals surface area contributed by atoms with Crippen molar-refractivity contribution < 1.29 is 26.7 Å². The van der Waals surface area contributed by atoms with Crippen molar-refractivity contribution in [2.75, 3.05) is 51.3 Å². The lowest BCUT2D eigenvalue weighted by atomic mass is 9.97. The Kier molecular flexibility index (Phi) is 6.85. The third-order valence-corrected chi connectivity index (χ3v) is 8.15. The molecule has 1 atom stereocenters. The van der Waals surface area contributed by atoms with Crippen molar-refractivity contribution in [2.45, 2.75) is 17.7 Å². The Morgan fingerprint density at radius 1 is 1.03 bits per heavy atom. The van der Waals surface area contributed by atoms with Crippen molar-refractivity contribution in [2.24, 2.45) is 5.92 Å². The van der Waals surface area contributed by atoms with Gasteiger partial charge in [-0.3, -0.25) is 4.79 Å². The molecule has 33 heavy (non-hydrogen) atoms. The van der Waals surface area contributed by atoms with Crippen LogP contribution in [0.4, 0.5) is 14.5 Å². The highest BCUT2D eigenvalue weighted by molar-refractivity contribution is 7.89. The lowest BCUT2D eigenvalue weighted by Crippen LogP contribution is -2.53. The van der Waals surface area contributed by atoms with Crippen LogP contribution in [-0.4, -0.2) is 69.9 Å². The topological polar surface area (TPSA) is 70.2 Å². The third kappa shape index (κ3) is 4.81. The normalized spacial score (nSPS) is 20.0. The average Bonchev–Trinajstić information content (AvgIpc) is 2.84. The van der Waals surface area contributed by atoms with Crippen LogP contribution in [-0.2, 0) is 14.8 Å². The van der Waals surface area contributed by atoms with Gasteiger partial charge in [0.05, 0.1) is 18.7 Å². The van der Waals surface area contributed by atoms with Gasteiger partial charge in [-0.25, -0.2) is 17.2 Å². The van der Waals surface area contributed by atoms with E-state index in [4.69, 9.17) is 4.74 Å². The monoisotopic (exact) mass is 479 g/mol. The Hall–Kier alpha value is -2.72. The van der Waals surface area contributed by atoms with Crippen LogP contribution in [0.1, 0.15) is 12.8 Å². The smallest absolute Gasteiger partial charge is 0.246 e. The summed E-state index contributed by atoms with van der Waals surface area (Å²) < 4.78 is 60.6. The van der Waals surface area contributed by atoms with E-state index >= 15 is 0 Å². The number of halogens is 2. The second-order valence-electron chi connectivity index (χ2n) is 8.26. The molecule has 0 aliphatic carbocycles. The Labute approximate surface area is 192 Å². The molecule has 1 unspecified atom stereocenters. The Morgan fingerprint density at radius 2 is 1.76 bits per heavy atom. The molecule has 0 radical (unpaired) electrons. The van der Waals surface area contributed by atoms with Crippen LogP contribution in [0.3, 0.4) is 0 Å². The van der Waals surface area contributed by atoms with Crippen LogP contribution in [0, 0.1) is 17.6 Å². The number of piperidine rings is 1. The number of carbonyl (C=O) groups excluding carboxylic acids is 1. The summed E-state index contributed by atoms with van der Waals surface area (Å²) in [5, 5.41) is 0. The highest BCUT2D eigenvalue weighted by atomic mass is 32.2. The van der Waals surface area contributed by atoms with Crippen molar-refractivity contribution >= 4 is 21.6 Å². The molecule has 1 amide bonds. The summed E-state index contributed by atoms with van der Waals surface area (Å²) in [4.78, 5) is 16.6. The van der Waals surface area contributed by atoms with E-state index in [0.717, 1.165) is 12.1 Å². The quantitative estimate of drug-likeness (QED) is 0.660. The lowest BCUT2D eigenvalue weighted by molar-refractivity contribution is -0.137. The number of nitrogens with zero attached hydrogens (tertiary/aromatic N) is 3. The summed E-state index contributed by atoms with van der Waals surface area (Å²) in [5.41, 5.74) is 0.517. The first-order chi connectivity index (χ1) is 15.8. The molecule has 178 valence electrons. The lowest BCUT2D eigenvalue weighted by Gasteiger charge is -2.39. The number of hydrogen-bond donors (Lipinski definition) is 0. The summed E-state index contributed by atoms with van der Waals surface area (Å²) in [6.45, 7) is 2.17. The van der Waals surface area contributed by atoms with Crippen LogP contribution in [0.25, 0.3) is 0 Å². The molecular weight excluding hydrogens is 452 g/mol. The molecule has 0 saturated carbocycles. The standard InChI is InChI=1S/C23H27F2N3O4S/c1-32-21-9-8-18(24)15-22(21)33(30,31)28-10-4-5-17(16-28)23(29)27-13-11-26(12-14-27)20-7-3-2-6-19(20)25/h2-3,6-9,15,17H,4-5,10-14,16H2,1H3. The molecule has 0 aromatic heterocycles. The molecule has 2 aliphatic heterocycles. The zero-order valence-electron chi connectivity index (χ0n) is 18.4. The van der Waals surface area contributed by atoms with Gasteiger partial charge in [-0.15, -0.1) is 0 Å². The fourth-order valence-electron chi connectivity index (χ4n) is 4.49. The van der Waals surface area contributed by atoms with Crippen LogP contribution in [0.2, 0.25) is 0 Å². The summed E-state index contributed by atoms with van der Waals surface area (Å²) >= 11 is 0. The third-order valence-electron chi connectivity index (χ3n) is 6.26. The first-order valence-electron chi connectivity index (χ1n) is 10.9. The zero-order valence-corrected chi connectivity index (χ0v) is 19.2. The van der Waals surface area contributed by atoms with E-state index in [1.807, 2.05) is 4.90 Å².